The molecule has 0 aliphatic heterocycles. The molecule has 2 aliphatic carbocycles. The summed E-state index contributed by atoms with van der Waals surface area (Å²) in [5, 5.41) is 42.9. The molecule has 1 aromatic rings. The Balaban J connectivity index is 1.83. The highest BCUT2D eigenvalue weighted by Gasteiger charge is 2.98. The standard InChI is InChI=1S/C17H25NO5/c1-13(2)12(19)16(13,21)17(22)14(3,4)15(17,20)9-23-11-7-5-10(18)6-8-11/h5-8,12,19-22H,9,18H2,1-4H3/t12?,15-,16-,17-/m0/s1. The van der Waals surface area contributed by atoms with E-state index < -0.39 is 33.7 Å². The molecule has 2 aliphatic rings. The number of aliphatic hydroxyl groups is 4. The molecule has 128 valence electrons. The topological polar surface area (TPSA) is 116 Å². The lowest BCUT2D eigenvalue weighted by Crippen LogP contribution is -2.46. The van der Waals surface area contributed by atoms with Crippen LogP contribution < -0.4 is 10.5 Å². The summed E-state index contributed by atoms with van der Waals surface area (Å²) in [6, 6.07) is 6.67. The predicted molar refractivity (Wildman–Crippen MR) is 84.8 cm³/mol. The largest absolute Gasteiger partial charge is 0.490 e. The molecule has 23 heavy (non-hydrogen) atoms. The summed E-state index contributed by atoms with van der Waals surface area (Å²) in [5.41, 5.74) is -1.03. The van der Waals surface area contributed by atoms with Crippen molar-refractivity contribution in [3.8, 4) is 5.75 Å². The van der Waals surface area contributed by atoms with Gasteiger partial charge >= 0.3 is 0 Å². The number of benzene rings is 1. The van der Waals surface area contributed by atoms with Gasteiger partial charge in [0.2, 0.25) is 0 Å². The van der Waals surface area contributed by atoms with E-state index in [-0.39, 0.29) is 6.61 Å². The fourth-order valence-electron chi connectivity index (χ4n) is 4.12. The van der Waals surface area contributed by atoms with Gasteiger partial charge in [0.25, 0.3) is 0 Å². The molecule has 0 aromatic heterocycles. The summed E-state index contributed by atoms with van der Waals surface area (Å²) >= 11 is 0. The van der Waals surface area contributed by atoms with Gasteiger partial charge in [0.1, 0.15) is 29.2 Å². The lowest BCUT2D eigenvalue weighted by molar-refractivity contribution is -0.114. The van der Waals surface area contributed by atoms with Gasteiger partial charge in [-0.3, -0.25) is 0 Å². The lowest BCUT2D eigenvalue weighted by Gasteiger charge is -2.25. The minimum atomic E-state index is -1.86. The molecular formula is C17H25NO5. The van der Waals surface area contributed by atoms with Gasteiger partial charge in [-0.1, -0.05) is 27.7 Å². The highest BCUT2D eigenvalue weighted by molar-refractivity contribution is 5.48. The molecule has 2 saturated carbocycles. The van der Waals surface area contributed by atoms with Crippen molar-refractivity contribution in [1.82, 2.24) is 0 Å². The smallest absolute Gasteiger partial charge is 0.139 e. The molecule has 0 bridgehead atoms. The van der Waals surface area contributed by atoms with E-state index in [0.29, 0.717) is 11.4 Å². The Labute approximate surface area is 135 Å². The van der Waals surface area contributed by atoms with Gasteiger partial charge in [-0.15, -0.1) is 0 Å². The van der Waals surface area contributed by atoms with Crippen molar-refractivity contribution < 1.29 is 25.2 Å². The zero-order valence-electron chi connectivity index (χ0n) is 13.9. The number of hydrogen-bond donors (Lipinski definition) is 5. The third kappa shape index (κ3) is 1.57. The van der Waals surface area contributed by atoms with Gasteiger partial charge in [0.05, 0.1) is 6.10 Å². The minimum absolute atomic E-state index is 0.203. The van der Waals surface area contributed by atoms with Crippen LogP contribution in [0.3, 0.4) is 0 Å². The summed E-state index contributed by atoms with van der Waals surface area (Å²) in [5.74, 6) is 0.500. The number of nitrogens with two attached hydrogens (primary N) is 1. The summed E-state index contributed by atoms with van der Waals surface area (Å²) < 4.78 is 5.59. The second-order valence-electron chi connectivity index (χ2n) is 7.94. The van der Waals surface area contributed by atoms with E-state index >= 15 is 0 Å². The number of hydrogen-bond acceptors (Lipinski definition) is 6. The third-order valence-corrected chi connectivity index (χ3v) is 6.33. The van der Waals surface area contributed by atoms with Crippen LogP contribution in [0.4, 0.5) is 5.69 Å². The van der Waals surface area contributed by atoms with E-state index in [1.807, 2.05) is 0 Å². The van der Waals surface area contributed by atoms with Crippen LogP contribution in [-0.4, -0.2) is 49.9 Å². The van der Waals surface area contributed by atoms with Crippen LogP contribution in [0.25, 0.3) is 0 Å². The average Bonchev–Trinajstić information content (AvgIpc) is 3.06. The Morgan fingerprint density at radius 3 is 1.96 bits per heavy atom. The van der Waals surface area contributed by atoms with Crippen molar-refractivity contribution in [3.63, 3.8) is 0 Å². The molecule has 1 aromatic carbocycles. The normalized spacial score (nSPS) is 43.0. The van der Waals surface area contributed by atoms with Crippen LogP contribution in [0, 0.1) is 10.8 Å². The molecule has 4 atom stereocenters. The van der Waals surface area contributed by atoms with Crippen molar-refractivity contribution in [2.24, 2.45) is 10.8 Å². The van der Waals surface area contributed by atoms with E-state index in [0.717, 1.165) is 0 Å². The SMILES string of the molecule is CC1(C)[C@@](O)([C@]2(O)C(O)C2(C)C)[C@]1(O)COc1ccc(N)cc1. The van der Waals surface area contributed by atoms with Crippen LogP contribution in [0.2, 0.25) is 0 Å². The highest BCUT2D eigenvalue weighted by atomic mass is 16.5. The Morgan fingerprint density at radius 2 is 1.52 bits per heavy atom. The molecule has 0 heterocycles. The number of nitrogen functional groups attached to an aromatic ring is 1. The first-order valence-electron chi connectivity index (χ1n) is 7.71. The Morgan fingerprint density at radius 1 is 1.04 bits per heavy atom. The number of ether oxygens (including phenoxy) is 1. The first kappa shape index (κ1) is 16.5. The van der Waals surface area contributed by atoms with Gasteiger partial charge in [-0.05, 0) is 24.3 Å². The van der Waals surface area contributed by atoms with E-state index in [1.54, 1.807) is 52.0 Å². The van der Waals surface area contributed by atoms with E-state index in [2.05, 4.69) is 0 Å². The molecule has 6 heteroatoms. The third-order valence-electron chi connectivity index (χ3n) is 6.33. The summed E-state index contributed by atoms with van der Waals surface area (Å²) in [6.45, 7) is 6.42. The van der Waals surface area contributed by atoms with Crippen molar-refractivity contribution in [2.75, 3.05) is 12.3 Å². The first-order valence-corrected chi connectivity index (χ1v) is 7.71. The van der Waals surface area contributed by atoms with Gasteiger partial charge < -0.3 is 30.9 Å². The second kappa shape index (κ2) is 4.19. The number of rotatable bonds is 4. The minimum Gasteiger partial charge on any atom is -0.490 e. The Hall–Kier alpha value is -1.34. The maximum Gasteiger partial charge on any atom is 0.139 e. The Bertz CT molecular complexity index is 643. The predicted octanol–water partition coefficient (Wildman–Crippen LogP) is 0.281. The van der Waals surface area contributed by atoms with Gasteiger partial charge in [0.15, 0.2) is 0 Å². The fraction of sp³-hybridized carbons (Fsp3) is 0.647. The van der Waals surface area contributed by atoms with Crippen molar-refractivity contribution in [3.05, 3.63) is 24.3 Å². The van der Waals surface area contributed by atoms with Crippen LogP contribution >= 0.6 is 0 Å². The molecule has 6 N–H and O–H groups in total. The fourth-order valence-corrected chi connectivity index (χ4v) is 4.12. The maximum absolute atomic E-state index is 11.0. The quantitative estimate of drug-likeness (QED) is 0.508. The lowest BCUT2D eigenvalue weighted by atomic mass is 9.93. The average molecular weight is 323 g/mol. The highest BCUT2D eigenvalue weighted by Crippen LogP contribution is 2.78. The Kier molecular flexibility index (Phi) is 3.01. The molecule has 0 saturated heterocycles. The van der Waals surface area contributed by atoms with Crippen LogP contribution in [0.15, 0.2) is 24.3 Å². The number of anilines is 1. The van der Waals surface area contributed by atoms with Gasteiger partial charge in [-0.2, -0.15) is 0 Å². The first-order chi connectivity index (χ1) is 10.4. The zero-order valence-corrected chi connectivity index (χ0v) is 13.9. The van der Waals surface area contributed by atoms with Crippen LogP contribution in [0.5, 0.6) is 5.75 Å². The van der Waals surface area contributed by atoms with Gasteiger partial charge in [0, 0.05) is 16.5 Å². The molecule has 0 radical (unpaired) electrons. The molecule has 0 spiro atoms. The molecule has 1 unspecified atom stereocenters. The molecule has 6 nitrogen and oxygen atoms in total. The van der Waals surface area contributed by atoms with Crippen molar-refractivity contribution in [1.29, 1.82) is 0 Å². The van der Waals surface area contributed by atoms with Crippen LogP contribution in [0.1, 0.15) is 27.7 Å². The van der Waals surface area contributed by atoms with E-state index in [9.17, 15) is 20.4 Å². The van der Waals surface area contributed by atoms with E-state index in [1.165, 1.54) is 0 Å². The monoisotopic (exact) mass is 323 g/mol. The summed E-state index contributed by atoms with van der Waals surface area (Å²) in [6.07, 6.45) is -1.11. The van der Waals surface area contributed by atoms with E-state index in [4.69, 9.17) is 10.5 Å². The van der Waals surface area contributed by atoms with Crippen molar-refractivity contribution in [2.45, 2.75) is 50.6 Å². The summed E-state index contributed by atoms with van der Waals surface area (Å²) in [7, 11) is 0. The van der Waals surface area contributed by atoms with Crippen molar-refractivity contribution >= 4 is 5.69 Å². The molecule has 0 amide bonds. The maximum atomic E-state index is 11.0. The molecule has 3 rings (SSSR count). The molecular weight excluding hydrogens is 298 g/mol. The van der Waals surface area contributed by atoms with Crippen LogP contribution in [-0.2, 0) is 0 Å². The van der Waals surface area contributed by atoms with Gasteiger partial charge in [-0.25, -0.2) is 0 Å². The summed E-state index contributed by atoms with van der Waals surface area (Å²) in [4.78, 5) is 0. The number of aliphatic hydroxyl groups excluding tert-OH is 1. The zero-order chi connectivity index (χ0) is 17.5. The second-order valence-corrected chi connectivity index (χ2v) is 7.94. The molecule has 2 fully saturated rings.